The Bertz CT molecular complexity index is 866. The fraction of sp³-hybridized carbons (Fsp3) is 0.467. The minimum atomic E-state index is -3.69. The van der Waals surface area contributed by atoms with Gasteiger partial charge in [-0.1, -0.05) is 5.16 Å². The molecule has 2 N–H and O–H groups in total. The maximum atomic E-state index is 12.5. The molecule has 1 saturated heterocycles. The van der Waals surface area contributed by atoms with Gasteiger partial charge in [-0.25, -0.2) is 13.1 Å². The molecule has 1 amide bonds. The molecule has 1 aliphatic heterocycles. The molecule has 2 aromatic heterocycles. The largest absolute Gasteiger partial charge is 0.377 e. The van der Waals surface area contributed by atoms with Gasteiger partial charge >= 0.3 is 0 Å². The number of ether oxygens (including phenoxy) is 1. The first-order chi connectivity index (χ1) is 11.8. The fourth-order valence-corrected chi connectivity index (χ4v) is 5.08. The van der Waals surface area contributed by atoms with Crippen LogP contribution in [0.15, 0.2) is 21.6 Å². The van der Waals surface area contributed by atoms with Crippen LogP contribution in [-0.2, 0) is 14.8 Å². The third-order valence-corrected chi connectivity index (χ3v) is 6.51. The Balaban J connectivity index is 1.71. The van der Waals surface area contributed by atoms with E-state index in [9.17, 15) is 13.2 Å². The number of hydrogen-bond acceptors (Lipinski definition) is 7. The summed E-state index contributed by atoms with van der Waals surface area (Å²) in [4.78, 5) is 13.2. The molecule has 0 aliphatic carbocycles. The van der Waals surface area contributed by atoms with Gasteiger partial charge in [0.05, 0.1) is 15.9 Å². The number of sulfonamides is 1. The number of carbonyl (C=O) groups excluding carboxylic acids is 1. The van der Waals surface area contributed by atoms with E-state index in [-0.39, 0.29) is 28.2 Å². The maximum Gasteiger partial charge on any atom is 0.267 e. The van der Waals surface area contributed by atoms with Crippen molar-refractivity contribution in [1.29, 1.82) is 0 Å². The summed E-state index contributed by atoms with van der Waals surface area (Å²) in [5.74, 6) is 0.427. The topological polar surface area (TPSA) is 111 Å². The van der Waals surface area contributed by atoms with Crippen molar-refractivity contribution in [2.45, 2.75) is 37.7 Å². The smallest absolute Gasteiger partial charge is 0.267 e. The van der Waals surface area contributed by atoms with Gasteiger partial charge in [-0.2, -0.15) is 0 Å². The molecule has 136 valence electrons. The van der Waals surface area contributed by atoms with Gasteiger partial charge < -0.3 is 14.6 Å². The van der Waals surface area contributed by atoms with E-state index in [1.54, 1.807) is 19.9 Å². The van der Waals surface area contributed by atoms with Gasteiger partial charge in [0.15, 0.2) is 5.82 Å². The number of anilines is 1. The molecule has 1 fully saturated rings. The molecule has 3 heterocycles. The fourth-order valence-electron chi connectivity index (χ4n) is 2.53. The third kappa shape index (κ3) is 4.27. The van der Waals surface area contributed by atoms with Crippen molar-refractivity contribution < 1.29 is 22.5 Å². The van der Waals surface area contributed by atoms with E-state index in [1.807, 2.05) is 0 Å². The van der Waals surface area contributed by atoms with Crippen LogP contribution in [0.4, 0.5) is 5.82 Å². The van der Waals surface area contributed by atoms with Crippen molar-refractivity contribution in [3.05, 3.63) is 27.6 Å². The van der Waals surface area contributed by atoms with Crippen molar-refractivity contribution in [3.8, 4) is 0 Å². The maximum absolute atomic E-state index is 12.5. The van der Waals surface area contributed by atoms with E-state index in [4.69, 9.17) is 9.26 Å². The zero-order chi connectivity index (χ0) is 18.0. The predicted molar refractivity (Wildman–Crippen MR) is 92.4 cm³/mol. The third-order valence-electron chi connectivity index (χ3n) is 3.78. The molecule has 8 nitrogen and oxygen atoms in total. The Morgan fingerprint density at radius 2 is 2.20 bits per heavy atom. The zero-order valence-corrected chi connectivity index (χ0v) is 15.5. The summed E-state index contributed by atoms with van der Waals surface area (Å²) in [6, 6.07) is 2.96. The number of nitrogens with zero attached hydrogens (tertiary/aromatic N) is 1. The number of thiophene rings is 1. The highest BCUT2D eigenvalue weighted by Crippen LogP contribution is 2.26. The second-order valence-corrected chi connectivity index (χ2v) is 8.79. The average molecular weight is 385 g/mol. The number of hydrogen-bond donors (Lipinski definition) is 2. The normalized spacial score (nSPS) is 17.8. The van der Waals surface area contributed by atoms with Gasteiger partial charge in [-0.3, -0.25) is 4.79 Å². The van der Waals surface area contributed by atoms with Gasteiger partial charge in [-0.15, -0.1) is 11.3 Å². The number of nitrogens with one attached hydrogen (secondary N) is 2. The molecule has 1 atom stereocenters. The second-order valence-electron chi connectivity index (χ2n) is 5.79. The molecular weight excluding hydrogens is 366 g/mol. The quantitative estimate of drug-likeness (QED) is 0.787. The molecule has 0 saturated carbocycles. The van der Waals surface area contributed by atoms with Crippen molar-refractivity contribution in [1.82, 2.24) is 9.88 Å². The summed E-state index contributed by atoms with van der Waals surface area (Å²) in [7, 11) is -3.69. The van der Waals surface area contributed by atoms with Crippen LogP contribution in [0.25, 0.3) is 0 Å². The molecule has 1 aliphatic rings. The van der Waals surface area contributed by atoms with Crippen molar-refractivity contribution in [2.75, 3.05) is 18.5 Å². The highest BCUT2D eigenvalue weighted by molar-refractivity contribution is 7.89. The van der Waals surface area contributed by atoms with Gasteiger partial charge in [0.1, 0.15) is 5.76 Å². The first-order valence-electron chi connectivity index (χ1n) is 7.81. The number of aryl methyl sites for hydroxylation is 2. The summed E-state index contributed by atoms with van der Waals surface area (Å²) in [5.41, 5.74) is 0. The highest BCUT2D eigenvalue weighted by atomic mass is 32.2. The molecule has 0 unspecified atom stereocenters. The number of rotatable bonds is 6. The van der Waals surface area contributed by atoms with E-state index in [2.05, 4.69) is 15.2 Å². The van der Waals surface area contributed by atoms with Gasteiger partial charge in [-0.05, 0) is 32.8 Å². The van der Waals surface area contributed by atoms with Crippen LogP contribution in [0.5, 0.6) is 0 Å². The van der Waals surface area contributed by atoms with Crippen LogP contribution in [0, 0.1) is 13.8 Å². The first kappa shape index (κ1) is 18.1. The minimum absolute atomic E-state index is 0.0908. The average Bonchev–Trinajstić information content (AvgIpc) is 3.27. The Kier molecular flexibility index (Phi) is 5.23. The standard InChI is InChI=1S/C15H19N3O5S2/c1-9-6-14(18-23-9)17-15(19)12-7-13(10(2)24-12)25(20,21)16-8-11-4-3-5-22-11/h6-7,11,16H,3-5,8H2,1-2H3,(H,17,18,19)/t11-/m1/s1. The van der Waals surface area contributed by atoms with Crippen LogP contribution in [0.1, 0.15) is 33.2 Å². The second kappa shape index (κ2) is 7.24. The molecule has 2 aromatic rings. The summed E-state index contributed by atoms with van der Waals surface area (Å²) in [5, 5.41) is 6.27. The lowest BCUT2D eigenvalue weighted by Crippen LogP contribution is -2.31. The van der Waals surface area contributed by atoms with Crippen molar-refractivity contribution in [2.24, 2.45) is 0 Å². The van der Waals surface area contributed by atoms with E-state index in [0.717, 1.165) is 24.2 Å². The molecule has 0 bridgehead atoms. The Morgan fingerprint density at radius 1 is 1.40 bits per heavy atom. The zero-order valence-electron chi connectivity index (χ0n) is 13.9. The molecule has 0 spiro atoms. The van der Waals surface area contributed by atoms with Gasteiger partial charge in [0.25, 0.3) is 5.91 Å². The van der Waals surface area contributed by atoms with E-state index < -0.39 is 15.9 Å². The van der Waals surface area contributed by atoms with Gasteiger partial charge in [0.2, 0.25) is 10.0 Å². The predicted octanol–water partition coefficient (Wildman–Crippen LogP) is 2.06. The number of aromatic nitrogens is 1. The minimum Gasteiger partial charge on any atom is -0.377 e. The SMILES string of the molecule is Cc1cc(NC(=O)c2cc(S(=O)(=O)NC[C@H]3CCCO3)c(C)s2)no1. The number of amides is 1. The Labute approximate surface area is 149 Å². The molecule has 25 heavy (non-hydrogen) atoms. The van der Waals surface area contributed by atoms with Crippen molar-refractivity contribution >= 4 is 33.1 Å². The van der Waals surface area contributed by atoms with E-state index >= 15 is 0 Å². The molecule has 3 rings (SSSR count). The van der Waals surface area contributed by atoms with Crippen LogP contribution in [-0.4, -0.2) is 38.7 Å². The van der Waals surface area contributed by atoms with Crippen LogP contribution in [0.3, 0.4) is 0 Å². The highest BCUT2D eigenvalue weighted by Gasteiger charge is 2.25. The first-order valence-corrected chi connectivity index (χ1v) is 10.1. The van der Waals surface area contributed by atoms with Crippen LogP contribution >= 0.6 is 11.3 Å². The Hall–Kier alpha value is -1.75. The summed E-state index contributed by atoms with van der Waals surface area (Å²) in [6.07, 6.45) is 1.69. The summed E-state index contributed by atoms with van der Waals surface area (Å²) < 4.78 is 37.8. The molecular formula is C15H19N3O5S2. The van der Waals surface area contributed by atoms with E-state index in [1.165, 1.54) is 6.07 Å². The molecule has 0 aromatic carbocycles. The summed E-state index contributed by atoms with van der Waals surface area (Å²) in [6.45, 7) is 4.28. The number of carbonyl (C=O) groups is 1. The van der Waals surface area contributed by atoms with Gasteiger partial charge in [0, 0.05) is 24.1 Å². The van der Waals surface area contributed by atoms with E-state index in [0.29, 0.717) is 17.2 Å². The lowest BCUT2D eigenvalue weighted by atomic mass is 10.2. The lowest BCUT2D eigenvalue weighted by molar-refractivity contribution is 0.102. The Morgan fingerprint density at radius 3 is 2.84 bits per heavy atom. The molecule has 0 radical (unpaired) electrons. The monoisotopic (exact) mass is 385 g/mol. The van der Waals surface area contributed by atoms with Crippen LogP contribution in [0.2, 0.25) is 0 Å². The molecule has 10 heteroatoms. The van der Waals surface area contributed by atoms with Crippen molar-refractivity contribution in [3.63, 3.8) is 0 Å². The van der Waals surface area contributed by atoms with Crippen LogP contribution < -0.4 is 10.0 Å². The lowest BCUT2D eigenvalue weighted by Gasteiger charge is -2.11. The summed E-state index contributed by atoms with van der Waals surface area (Å²) >= 11 is 1.11.